The molecule has 4 heteroatoms. The normalized spacial score (nSPS) is 12.0. The Morgan fingerprint density at radius 1 is 1.04 bits per heavy atom. The minimum absolute atomic E-state index is 0.00162. The monoisotopic (exact) mass is 340 g/mol. The summed E-state index contributed by atoms with van der Waals surface area (Å²) in [7, 11) is 1.64. The van der Waals surface area contributed by atoms with Crippen molar-refractivity contribution in [2.45, 2.75) is 38.8 Å². The second-order valence-corrected chi connectivity index (χ2v) is 6.52. The molecule has 0 bridgehead atoms. The Morgan fingerprint density at radius 3 is 2.24 bits per heavy atom. The van der Waals surface area contributed by atoms with Gasteiger partial charge >= 0.3 is 0 Å². The summed E-state index contributed by atoms with van der Waals surface area (Å²) < 4.78 is 5.16. The van der Waals surface area contributed by atoms with E-state index >= 15 is 0 Å². The molecule has 4 nitrogen and oxygen atoms in total. The Labute approximate surface area is 150 Å². The number of rotatable bonds is 8. The van der Waals surface area contributed by atoms with E-state index < -0.39 is 6.04 Å². The first-order valence-electron chi connectivity index (χ1n) is 8.74. The number of carbonyl (C=O) groups is 1. The maximum atomic E-state index is 12.8. The van der Waals surface area contributed by atoms with Gasteiger partial charge in [-0.1, -0.05) is 42.5 Å². The zero-order valence-electron chi connectivity index (χ0n) is 15.3. The Bertz CT molecular complexity index is 653. The van der Waals surface area contributed by atoms with Gasteiger partial charge in [-0.3, -0.25) is 4.79 Å². The Hall–Kier alpha value is -2.33. The van der Waals surface area contributed by atoms with Crippen LogP contribution in [0, 0.1) is 0 Å². The third kappa shape index (κ3) is 5.61. The fourth-order valence-corrected chi connectivity index (χ4v) is 2.83. The van der Waals surface area contributed by atoms with Crippen LogP contribution in [0.2, 0.25) is 0 Å². The number of ether oxygens (including phenoxy) is 1. The van der Waals surface area contributed by atoms with E-state index in [0.29, 0.717) is 13.0 Å². The van der Waals surface area contributed by atoms with Crippen LogP contribution in [0.25, 0.3) is 0 Å². The Balaban J connectivity index is 1.97. The molecule has 0 aliphatic heterocycles. The van der Waals surface area contributed by atoms with Gasteiger partial charge in [0.2, 0.25) is 5.91 Å². The lowest BCUT2D eigenvalue weighted by molar-refractivity contribution is -0.134. The van der Waals surface area contributed by atoms with Crippen LogP contribution in [-0.2, 0) is 17.6 Å². The summed E-state index contributed by atoms with van der Waals surface area (Å²) in [4.78, 5) is 14.7. The molecule has 2 rings (SSSR count). The summed E-state index contributed by atoms with van der Waals surface area (Å²) in [5.41, 5.74) is 8.47. The van der Waals surface area contributed by atoms with E-state index in [1.165, 1.54) is 5.56 Å². The number of methoxy groups -OCH3 is 1. The minimum atomic E-state index is -0.536. The predicted molar refractivity (Wildman–Crippen MR) is 102 cm³/mol. The molecule has 1 atom stereocenters. The summed E-state index contributed by atoms with van der Waals surface area (Å²) in [6.07, 6.45) is 1.36. The molecule has 2 aromatic carbocycles. The van der Waals surface area contributed by atoms with Crippen LogP contribution in [0.3, 0.4) is 0 Å². The molecule has 0 aliphatic carbocycles. The third-order valence-corrected chi connectivity index (χ3v) is 4.32. The van der Waals surface area contributed by atoms with E-state index in [0.717, 1.165) is 17.7 Å². The molecular weight excluding hydrogens is 312 g/mol. The number of carbonyl (C=O) groups excluding carboxylic acids is 1. The SMILES string of the molecule is COc1ccc(C[C@@H](N)C(=O)N(CCc2ccccc2)C(C)C)cc1. The molecule has 2 N–H and O–H groups in total. The van der Waals surface area contributed by atoms with Gasteiger partial charge in [0.25, 0.3) is 0 Å². The lowest BCUT2D eigenvalue weighted by atomic mass is 10.0. The molecule has 0 aliphatic rings. The van der Waals surface area contributed by atoms with E-state index in [9.17, 15) is 4.79 Å². The summed E-state index contributed by atoms with van der Waals surface area (Å²) in [6, 6.07) is 17.5. The second kappa shape index (κ2) is 9.23. The molecule has 0 saturated heterocycles. The van der Waals surface area contributed by atoms with Crippen LogP contribution in [0.5, 0.6) is 5.75 Å². The highest BCUT2D eigenvalue weighted by molar-refractivity contribution is 5.82. The highest BCUT2D eigenvalue weighted by Gasteiger charge is 2.23. The summed E-state index contributed by atoms with van der Waals surface area (Å²) in [5, 5.41) is 0. The van der Waals surface area contributed by atoms with Crippen LogP contribution in [0.15, 0.2) is 54.6 Å². The highest BCUT2D eigenvalue weighted by Crippen LogP contribution is 2.14. The van der Waals surface area contributed by atoms with Gasteiger partial charge in [-0.05, 0) is 49.9 Å². The average Bonchev–Trinajstić information content (AvgIpc) is 2.63. The van der Waals surface area contributed by atoms with Gasteiger partial charge in [-0.25, -0.2) is 0 Å². The molecular formula is C21H28N2O2. The number of nitrogens with two attached hydrogens (primary N) is 1. The number of benzene rings is 2. The maximum Gasteiger partial charge on any atom is 0.240 e. The van der Waals surface area contributed by atoms with E-state index in [2.05, 4.69) is 12.1 Å². The molecule has 134 valence electrons. The molecule has 0 spiro atoms. The zero-order chi connectivity index (χ0) is 18.2. The van der Waals surface area contributed by atoms with Crippen LogP contribution in [-0.4, -0.2) is 36.5 Å². The number of amides is 1. The van der Waals surface area contributed by atoms with Crippen LogP contribution in [0.4, 0.5) is 0 Å². The molecule has 0 aromatic heterocycles. The predicted octanol–water partition coefficient (Wildman–Crippen LogP) is 3.04. The van der Waals surface area contributed by atoms with Crippen molar-refractivity contribution in [3.63, 3.8) is 0 Å². The number of hydrogen-bond donors (Lipinski definition) is 1. The first-order valence-corrected chi connectivity index (χ1v) is 8.74. The van der Waals surface area contributed by atoms with Gasteiger partial charge in [-0.15, -0.1) is 0 Å². The molecule has 2 aromatic rings. The molecule has 25 heavy (non-hydrogen) atoms. The number of hydrogen-bond acceptors (Lipinski definition) is 3. The van der Waals surface area contributed by atoms with Crippen molar-refractivity contribution in [2.75, 3.05) is 13.7 Å². The van der Waals surface area contributed by atoms with Gasteiger partial charge < -0.3 is 15.4 Å². The third-order valence-electron chi connectivity index (χ3n) is 4.32. The molecule has 1 amide bonds. The molecule has 0 radical (unpaired) electrons. The van der Waals surface area contributed by atoms with E-state index in [-0.39, 0.29) is 11.9 Å². The largest absolute Gasteiger partial charge is 0.497 e. The number of nitrogens with zero attached hydrogens (tertiary/aromatic N) is 1. The maximum absolute atomic E-state index is 12.8. The molecule has 0 heterocycles. The van der Waals surface area contributed by atoms with E-state index in [1.807, 2.05) is 61.2 Å². The van der Waals surface area contributed by atoms with Gasteiger partial charge in [0, 0.05) is 12.6 Å². The van der Waals surface area contributed by atoms with E-state index in [4.69, 9.17) is 10.5 Å². The summed E-state index contributed by atoms with van der Waals surface area (Å²) in [6.45, 7) is 4.74. The second-order valence-electron chi connectivity index (χ2n) is 6.52. The lowest BCUT2D eigenvalue weighted by Gasteiger charge is -2.29. The topological polar surface area (TPSA) is 55.6 Å². The molecule has 0 unspecified atom stereocenters. The van der Waals surface area contributed by atoms with Crippen molar-refractivity contribution in [1.82, 2.24) is 4.90 Å². The lowest BCUT2D eigenvalue weighted by Crippen LogP contribution is -2.48. The fourth-order valence-electron chi connectivity index (χ4n) is 2.83. The van der Waals surface area contributed by atoms with Crippen molar-refractivity contribution in [3.05, 3.63) is 65.7 Å². The fraction of sp³-hybridized carbons (Fsp3) is 0.381. The van der Waals surface area contributed by atoms with Crippen molar-refractivity contribution >= 4 is 5.91 Å². The molecule has 0 fully saturated rings. The molecule has 0 saturated carbocycles. The minimum Gasteiger partial charge on any atom is -0.497 e. The summed E-state index contributed by atoms with van der Waals surface area (Å²) >= 11 is 0. The smallest absolute Gasteiger partial charge is 0.240 e. The Morgan fingerprint density at radius 2 is 1.68 bits per heavy atom. The van der Waals surface area contributed by atoms with Crippen molar-refractivity contribution in [1.29, 1.82) is 0 Å². The van der Waals surface area contributed by atoms with Crippen LogP contribution in [0.1, 0.15) is 25.0 Å². The zero-order valence-corrected chi connectivity index (χ0v) is 15.3. The van der Waals surface area contributed by atoms with Gasteiger partial charge in [0.15, 0.2) is 0 Å². The first kappa shape index (κ1) is 19.0. The Kier molecular flexibility index (Phi) is 7.02. The van der Waals surface area contributed by atoms with Crippen LogP contribution >= 0.6 is 0 Å². The van der Waals surface area contributed by atoms with Crippen LogP contribution < -0.4 is 10.5 Å². The van der Waals surface area contributed by atoms with Crippen molar-refractivity contribution in [3.8, 4) is 5.75 Å². The quantitative estimate of drug-likeness (QED) is 0.803. The van der Waals surface area contributed by atoms with Gasteiger partial charge in [0.1, 0.15) is 5.75 Å². The summed E-state index contributed by atoms with van der Waals surface area (Å²) in [5.74, 6) is 0.803. The first-order chi connectivity index (χ1) is 12.0. The van der Waals surface area contributed by atoms with Crippen molar-refractivity contribution < 1.29 is 9.53 Å². The van der Waals surface area contributed by atoms with E-state index in [1.54, 1.807) is 7.11 Å². The average molecular weight is 340 g/mol. The van der Waals surface area contributed by atoms with Gasteiger partial charge in [0.05, 0.1) is 13.2 Å². The van der Waals surface area contributed by atoms with Gasteiger partial charge in [-0.2, -0.15) is 0 Å². The highest BCUT2D eigenvalue weighted by atomic mass is 16.5. The standard InChI is InChI=1S/C21H28N2O2/c1-16(2)23(14-13-17-7-5-4-6-8-17)21(24)20(22)15-18-9-11-19(25-3)12-10-18/h4-12,16,20H,13-15,22H2,1-3H3/t20-/m1/s1. The van der Waals surface area contributed by atoms with Crippen molar-refractivity contribution in [2.24, 2.45) is 5.73 Å².